The van der Waals surface area contributed by atoms with Crippen molar-refractivity contribution in [2.45, 2.75) is 19.5 Å². The molecule has 52 heavy (non-hydrogen) atoms. The summed E-state index contributed by atoms with van der Waals surface area (Å²) in [6, 6.07) is 37.6. The minimum Gasteiger partial charge on any atom is -0.374 e. The van der Waals surface area contributed by atoms with Gasteiger partial charge in [-0.1, -0.05) is 77.8 Å². The first kappa shape index (κ1) is 34.2. The summed E-state index contributed by atoms with van der Waals surface area (Å²) in [5, 5.41) is 6.21. The van der Waals surface area contributed by atoms with Gasteiger partial charge in [0.1, 0.15) is 5.82 Å². The highest BCUT2D eigenvalue weighted by Crippen LogP contribution is 2.32. The third-order valence-corrected chi connectivity index (χ3v) is 10.6. The first-order valence-corrected chi connectivity index (χ1v) is 18.7. The molecule has 2 aliphatic rings. The Morgan fingerprint density at radius 3 is 2.04 bits per heavy atom. The fourth-order valence-corrected chi connectivity index (χ4v) is 7.56. The molecule has 2 fully saturated rings. The molecule has 6 aromatic rings. The molecule has 1 atom stereocenters. The number of para-hydroxylation sites is 1. The number of aryl methyl sites for hydroxylation is 1. The van der Waals surface area contributed by atoms with Crippen molar-refractivity contribution in [3.63, 3.8) is 0 Å². The quantitative estimate of drug-likeness (QED) is 0.159. The molecule has 2 aliphatic heterocycles. The average molecular weight is 730 g/mol. The van der Waals surface area contributed by atoms with Crippen LogP contribution < -0.4 is 20.0 Å². The maximum Gasteiger partial charge on any atom is 0.227 e. The minimum atomic E-state index is -0.0786. The van der Waals surface area contributed by atoms with Crippen LogP contribution in [0.25, 0.3) is 10.9 Å². The monoisotopic (exact) mass is 728 g/mol. The van der Waals surface area contributed by atoms with E-state index in [0.29, 0.717) is 5.02 Å². The lowest BCUT2D eigenvalue weighted by Gasteiger charge is -2.38. The lowest BCUT2D eigenvalue weighted by Crippen LogP contribution is -2.48. The summed E-state index contributed by atoms with van der Waals surface area (Å²) in [4.78, 5) is 24.2. The Hall–Kier alpha value is -4.89. The molecule has 4 aromatic carbocycles. The fourth-order valence-electron chi connectivity index (χ4n) is 7.27. The second kappa shape index (κ2) is 15.4. The van der Waals surface area contributed by atoms with E-state index in [1.165, 1.54) is 16.8 Å². The SMILES string of the molecule is Cc1cc(N2CCN(Cc3ccc(C(Nc4ccnc5cc(Cl)ccc45)c4ccc(Cl)cc4)cc3)CC2)nc(N2CCN(c3ccccc3)CC2)n1. The van der Waals surface area contributed by atoms with Crippen LogP contribution >= 0.6 is 23.2 Å². The van der Waals surface area contributed by atoms with Crippen LogP contribution in [-0.2, 0) is 6.54 Å². The largest absolute Gasteiger partial charge is 0.374 e. The number of hydrogen-bond donors (Lipinski definition) is 1. The second-order valence-electron chi connectivity index (χ2n) is 13.6. The molecular formula is C42H42Cl2N8. The maximum absolute atomic E-state index is 6.28. The Bertz CT molecular complexity index is 2110. The summed E-state index contributed by atoms with van der Waals surface area (Å²) in [6.07, 6.45) is 1.82. The fraction of sp³-hybridized carbons (Fsp3) is 0.262. The number of benzene rings is 4. The Morgan fingerprint density at radius 1 is 0.654 bits per heavy atom. The Labute approximate surface area is 315 Å². The van der Waals surface area contributed by atoms with Crippen LogP contribution in [0, 0.1) is 6.92 Å². The summed E-state index contributed by atoms with van der Waals surface area (Å²) in [6.45, 7) is 10.6. The van der Waals surface area contributed by atoms with Crippen molar-refractivity contribution >= 4 is 57.2 Å². The van der Waals surface area contributed by atoms with Crippen molar-refractivity contribution in [2.75, 3.05) is 72.4 Å². The van der Waals surface area contributed by atoms with Crippen LogP contribution in [0.3, 0.4) is 0 Å². The van der Waals surface area contributed by atoms with Crippen molar-refractivity contribution in [2.24, 2.45) is 0 Å². The first-order valence-electron chi connectivity index (χ1n) is 18.0. The number of nitrogens with one attached hydrogen (secondary N) is 1. The summed E-state index contributed by atoms with van der Waals surface area (Å²) in [5.74, 6) is 1.88. The number of nitrogens with zero attached hydrogens (tertiary/aromatic N) is 7. The van der Waals surface area contributed by atoms with Gasteiger partial charge in [-0.3, -0.25) is 9.88 Å². The summed E-state index contributed by atoms with van der Waals surface area (Å²) >= 11 is 12.6. The Balaban J connectivity index is 0.910. The van der Waals surface area contributed by atoms with E-state index in [1.54, 1.807) is 0 Å². The van der Waals surface area contributed by atoms with Crippen molar-refractivity contribution < 1.29 is 0 Å². The topological polar surface area (TPSA) is 63.7 Å². The smallest absolute Gasteiger partial charge is 0.227 e. The van der Waals surface area contributed by atoms with Crippen molar-refractivity contribution in [1.82, 2.24) is 19.9 Å². The molecule has 2 aromatic heterocycles. The molecule has 0 spiro atoms. The maximum atomic E-state index is 6.28. The van der Waals surface area contributed by atoms with E-state index in [2.05, 4.69) is 110 Å². The molecule has 1 unspecified atom stereocenters. The number of pyridine rings is 1. The molecule has 0 bridgehead atoms. The van der Waals surface area contributed by atoms with Crippen LogP contribution in [0.2, 0.25) is 10.0 Å². The van der Waals surface area contributed by atoms with E-state index in [0.717, 1.165) is 104 Å². The van der Waals surface area contributed by atoms with Gasteiger partial charge in [-0.05, 0) is 72.1 Å². The molecule has 0 radical (unpaired) electrons. The standard InChI is InChI=1S/C42H42Cl2N8/c1-30-27-40(48-42(46-30)52-25-23-50(24-26-52)36-5-3-2-4-6-36)51-21-19-49(20-22-51)29-31-7-9-32(10-8-31)41(33-11-13-34(43)14-12-33)47-38-17-18-45-39-28-35(44)15-16-37(38)39/h2-18,27-28,41H,19-26,29H2,1H3,(H,45,47). The highest BCUT2D eigenvalue weighted by atomic mass is 35.5. The van der Waals surface area contributed by atoms with E-state index in [4.69, 9.17) is 33.2 Å². The Kier molecular flexibility index (Phi) is 10.1. The number of rotatable bonds is 9. The van der Waals surface area contributed by atoms with Crippen LogP contribution in [-0.4, -0.2) is 72.2 Å². The molecule has 0 amide bonds. The van der Waals surface area contributed by atoms with E-state index in [1.807, 2.05) is 42.6 Å². The van der Waals surface area contributed by atoms with Gasteiger partial charge in [0.2, 0.25) is 5.95 Å². The molecular weight excluding hydrogens is 687 g/mol. The van der Waals surface area contributed by atoms with Gasteiger partial charge in [0.05, 0.1) is 11.6 Å². The van der Waals surface area contributed by atoms with Gasteiger partial charge in [0, 0.05) is 104 Å². The minimum absolute atomic E-state index is 0.0786. The van der Waals surface area contributed by atoms with E-state index < -0.39 is 0 Å². The predicted octanol–water partition coefficient (Wildman–Crippen LogP) is 8.49. The van der Waals surface area contributed by atoms with Gasteiger partial charge in [-0.15, -0.1) is 0 Å². The third kappa shape index (κ3) is 7.80. The van der Waals surface area contributed by atoms with Crippen molar-refractivity contribution in [3.05, 3.63) is 148 Å². The van der Waals surface area contributed by atoms with Gasteiger partial charge >= 0.3 is 0 Å². The molecule has 8 nitrogen and oxygen atoms in total. The van der Waals surface area contributed by atoms with Gasteiger partial charge in [0.25, 0.3) is 0 Å². The first-order chi connectivity index (χ1) is 25.4. The van der Waals surface area contributed by atoms with E-state index in [9.17, 15) is 0 Å². The molecule has 0 saturated carbocycles. The number of aromatic nitrogens is 3. The van der Waals surface area contributed by atoms with Crippen LogP contribution in [0.15, 0.2) is 115 Å². The van der Waals surface area contributed by atoms with Crippen molar-refractivity contribution in [1.29, 1.82) is 0 Å². The van der Waals surface area contributed by atoms with E-state index in [-0.39, 0.29) is 6.04 Å². The lowest BCUT2D eigenvalue weighted by atomic mass is 9.97. The molecule has 264 valence electrons. The van der Waals surface area contributed by atoms with Gasteiger partial charge in [-0.25, -0.2) is 4.98 Å². The Morgan fingerprint density at radius 2 is 1.31 bits per heavy atom. The highest BCUT2D eigenvalue weighted by Gasteiger charge is 2.23. The van der Waals surface area contributed by atoms with Crippen LogP contribution in [0.5, 0.6) is 0 Å². The molecule has 8 rings (SSSR count). The van der Waals surface area contributed by atoms with Crippen LogP contribution in [0.1, 0.15) is 28.4 Å². The lowest BCUT2D eigenvalue weighted by molar-refractivity contribution is 0.249. The predicted molar refractivity (Wildman–Crippen MR) is 215 cm³/mol. The van der Waals surface area contributed by atoms with E-state index >= 15 is 0 Å². The van der Waals surface area contributed by atoms with Gasteiger partial charge in [0.15, 0.2) is 0 Å². The summed E-state index contributed by atoms with van der Waals surface area (Å²) < 4.78 is 0. The number of hydrogen-bond acceptors (Lipinski definition) is 8. The highest BCUT2D eigenvalue weighted by molar-refractivity contribution is 6.31. The number of piperazine rings is 2. The second-order valence-corrected chi connectivity index (χ2v) is 14.5. The number of fused-ring (bicyclic) bond motifs is 1. The summed E-state index contributed by atoms with van der Waals surface area (Å²) in [7, 11) is 0. The number of anilines is 4. The number of halogens is 2. The third-order valence-electron chi connectivity index (χ3n) is 10.1. The molecule has 0 aliphatic carbocycles. The zero-order valence-electron chi connectivity index (χ0n) is 29.3. The zero-order valence-corrected chi connectivity index (χ0v) is 30.8. The molecule has 2 saturated heterocycles. The normalized spacial score (nSPS) is 15.9. The van der Waals surface area contributed by atoms with Gasteiger partial charge < -0.3 is 20.0 Å². The van der Waals surface area contributed by atoms with Crippen LogP contribution in [0.4, 0.5) is 23.1 Å². The van der Waals surface area contributed by atoms with Crippen molar-refractivity contribution in [3.8, 4) is 0 Å². The average Bonchev–Trinajstić information content (AvgIpc) is 3.18. The molecule has 1 N–H and O–H groups in total. The summed E-state index contributed by atoms with van der Waals surface area (Å²) in [5.41, 5.74) is 7.75. The molecule has 4 heterocycles. The molecule has 10 heteroatoms. The zero-order chi connectivity index (χ0) is 35.4. The van der Waals surface area contributed by atoms with Gasteiger partial charge in [-0.2, -0.15) is 4.98 Å².